The molecule has 1 saturated heterocycles. The molecule has 0 saturated carbocycles. The Morgan fingerprint density at radius 2 is 1.90 bits per heavy atom. The second-order valence-electron chi connectivity index (χ2n) is 6.81. The van der Waals surface area contributed by atoms with Gasteiger partial charge in [0.2, 0.25) is 11.8 Å². The summed E-state index contributed by atoms with van der Waals surface area (Å²) in [6.45, 7) is 2.20. The summed E-state index contributed by atoms with van der Waals surface area (Å²) in [5, 5.41) is 11.8. The number of halogens is 1. The van der Waals surface area contributed by atoms with E-state index in [0.717, 1.165) is 24.3 Å². The number of benzene rings is 2. The van der Waals surface area contributed by atoms with E-state index in [-0.39, 0.29) is 11.7 Å². The molecule has 0 radical (unpaired) electrons. The predicted octanol–water partition coefficient (Wildman–Crippen LogP) is 5.11. The molecule has 2 aromatic carbocycles. The summed E-state index contributed by atoms with van der Waals surface area (Å²) in [5.41, 5.74) is 2.73. The van der Waals surface area contributed by atoms with Crippen LogP contribution < -0.4 is 10.2 Å². The lowest BCUT2D eigenvalue weighted by Gasteiger charge is -2.28. The Morgan fingerprint density at radius 1 is 1.10 bits per heavy atom. The Labute approximate surface area is 178 Å². The smallest absolute Gasteiger partial charge is 0.277 e. The van der Waals surface area contributed by atoms with Crippen molar-refractivity contribution in [3.8, 4) is 11.5 Å². The van der Waals surface area contributed by atoms with Crippen LogP contribution >= 0.6 is 23.4 Å². The van der Waals surface area contributed by atoms with Crippen molar-refractivity contribution in [1.82, 2.24) is 10.2 Å². The standard InChI is InChI=1S/C21H21ClN4O2S/c22-16-6-4-5-15(13-16)20-24-25-21(28-20)29-14-19(27)23-17-7-9-18(10-8-17)26-11-2-1-3-12-26/h4-10,13H,1-3,11-12,14H2,(H,23,27). The van der Waals surface area contributed by atoms with Crippen molar-refractivity contribution < 1.29 is 9.21 Å². The van der Waals surface area contributed by atoms with E-state index in [4.69, 9.17) is 16.0 Å². The molecule has 1 N–H and O–H groups in total. The van der Waals surface area contributed by atoms with Gasteiger partial charge in [-0.05, 0) is 61.7 Å². The second kappa shape index (κ2) is 9.33. The molecule has 3 aromatic rings. The lowest BCUT2D eigenvalue weighted by Crippen LogP contribution is -2.29. The summed E-state index contributed by atoms with van der Waals surface area (Å²) in [7, 11) is 0. The number of hydrogen-bond donors (Lipinski definition) is 1. The van der Waals surface area contributed by atoms with Crippen LogP contribution in [0.5, 0.6) is 0 Å². The largest absolute Gasteiger partial charge is 0.411 e. The van der Waals surface area contributed by atoms with E-state index >= 15 is 0 Å². The SMILES string of the molecule is O=C(CSc1nnc(-c2cccc(Cl)c2)o1)Nc1ccc(N2CCCCC2)cc1. The predicted molar refractivity (Wildman–Crippen MR) is 117 cm³/mol. The summed E-state index contributed by atoms with van der Waals surface area (Å²) in [5.74, 6) is 0.442. The Morgan fingerprint density at radius 3 is 2.66 bits per heavy atom. The fraction of sp³-hybridized carbons (Fsp3) is 0.286. The number of hydrogen-bond acceptors (Lipinski definition) is 6. The van der Waals surface area contributed by atoms with Crippen LogP contribution in [-0.4, -0.2) is 34.9 Å². The van der Waals surface area contributed by atoms with Crippen LogP contribution in [0.15, 0.2) is 58.2 Å². The molecule has 0 spiro atoms. The molecular formula is C21H21ClN4O2S. The number of nitrogens with one attached hydrogen (secondary N) is 1. The highest BCUT2D eigenvalue weighted by Crippen LogP contribution is 2.26. The van der Waals surface area contributed by atoms with Gasteiger partial charge in [-0.25, -0.2) is 0 Å². The van der Waals surface area contributed by atoms with Crippen molar-refractivity contribution in [2.75, 3.05) is 29.1 Å². The van der Waals surface area contributed by atoms with Gasteiger partial charge in [-0.15, -0.1) is 10.2 Å². The molecule has 0 atom stereocenters. The van der Waals surface area contributed by atoms with Crippen molar-refractivity contribution >= 4 is 40.6 Å². The highest BCUT2D eigenvalue weighted by atomic mass is 35.5. The molecule has 8 heteroatoms. The zero-order valence-corrected chi connectivity index (χ0v) is 17.4. The number of rotatable bonds is 6. The van der Waals surface area contributed by atoms with E-state index in [2.05, 4.69) is 32.5 Å². The van der Waals surface area contributed by atoms with Gasteiger partial charge in [0.1, 0.15) is 0 Å². The van der Waals surface area contributed by atoms with Crippen molar-refractivity contribution in [3.05, 3.63) is 53.6 Å². The van der Waals surface area contributed by atoms with Gasteiger partial charge in [0.05, 0.1) is 5.75 Å². The van der Waals surface area contributed by atoms with Crippen LogP contribution in [0, 0.1) is 0 Å². The van der Waals surface area contributed by atoms with E-state index in [1.54, 1.807) is 12.1 Å². The van der Waals surface area contributed by atoms with Crippen LogP contribution in [0.25, 0.3) is 11.5 Å². The molecular weight excluding hydrogens is 408 g/mol. The Bertz CT molecular complexity index is 971. The third-order valence-electron chi connectivity index (χ3n) is 4.68. The number of anilines is 2. The van der Waals surface area contributed by atoms with Crippen molar-refractivity contribution in [2.24, 2.45) is 0 Å². The highest BCUT2D eigenvalue weighted by Gasteiger charge is 2.13. The average Bonchev–Trinajstić information content (AvgIpc) is 3.23. The summed E-state index contributed by atoms with van der Waals surface area (Å²) < 4.78 is 5.60. The van der Waals surface area contributed by atoms with Gasteiger partial charge in [-0.1, -0.05) is 29.4 Å². The fourth-order valence-corrected chi connectivity index (χ4v) is 3.99. The summed E-state index contributed by atoms with van der Waals surface area (Å²) in [6.07, 6.45) is 3.79. The van der Waals surface area contributed by atoms with Crippen LogP contribution in [0.4, 0.5) is 11.4 Å². The van der Waals surface area contributed by atoms with Gasteiger partial charge in [0, 0.05) is 35.1 Å². The fourth-order valence-electron chi connectivity index (χ4n) is 3.24. The van der Waals surface area contributed by atoms with Gasteiger partial charge in [0.25, 0.3) is 5.22 Å². The van der Waals surface area contributed by atoms with E-state index in [0.29, 0.717) is 16.1 Å². The molecule has 150 valence electrons. The van der Waals surface area contributed by atoms with E-state index < -0.39 is 0 Å². The average molecular weight is 429 g/mol. The molecule has 29 heavy (non-hydrogen) atoms. The van der Waals surface area contributed by atoms with Crippen molar-refractivity contribution in [1.29, 1.82) is 0 Å². The van der Waals surface area contributed by atoms with Crippen molar-refractivity contribution in [2.45, 2.75) is 24.5 Å². The number of piperidine rings is 1. The number of nitrogens with zero attached hydrogens (tertiary/aromatic N) is 3. The van der Waals surface area contributed by atoms with Gasteiger partial charge >= 0.3 is 0 Å². The highest BCUT2D eigenvalue weighted by molar-refractivity contribution is 7.99. The van der Waals surface area contributed by atoms with E-state index in [1.807, 2.05) is 24.3 Å². The quantitative estimate of drug-likeness (QED) is 0.550. The molecule has 0 unspecified atom stereocenters. The van der Waals surface area contributed by atoms with E-state index in [1.165, 1.54) is 36.7 Å². The van der Waals surface area contributed by atoms with E-state index in [9.17, 15) is 4.79 Å². The zero-order chi connectivity index (χ0) is 20.1. The molecule has 1 fully saturated rings. The van der Waals surface area contributed by atoms with Crippen LogP contribution in [0.3, 0.4) is 0 Å². The third-order valence-corrected chi connectivity index (χ3v) is 5.73. The Hall–Kier alpha value is -2.51. The molecule has 1 aromatic heterocycles. The number of thioether (sulfide) groups is 1. The molecule has 2 heterocycles. The molecule has 0 bridgehead atoms. The number of carbonyl (C=O) groups excluding carboxylic acids is 1. The minimum atomic E-state index is -0.122. The first kappa shape index (κ1) is 19.8. The maximum atomic E-state index is 12.2. The first-order chi connectivity index (χ1) is 14.2. The van der Waals surface area contributed by atoms with Gasteiger partial charge in [0.15, 0.2) is 0 Å². The van der Waals surface area contributed by atoms with Gasteiger partial charge in [-0.2, -0.15) is 0 Å². The van der Waals surface area contributed by atoms with Gasteiger partial charge < -0.3 is 14.6 Å². The van der Waals surface area contributed by atoms with Crippen LogP contribution in [0.1, 0.15) is 19.3 Å². The maximum Gasteiger partial charge on any atom is 0.277 e. The minimum absolute atomic E-state index is 0.122. The molecule has 0 aliphatic carbocycles. The summed E-state index contributed by atoms with van der Waals surface area (Å²) in [6, 6.07) is 15.2. The van der Waals surface area contributed by atoms with Crippen molar-refractivity contribution in [3.63, 3.8) is 0 Å². The zero-order valence-electron chi connectivity index (χ0n) is 15.8. The first-order valence-electron chi connectivity index (χ1n) is 9.54. The lowest BCUT2D eigenvalue weighted by molar-refractivity contribution is -0.113. The third kappa shape index (κ3) is 5.31. The minimum Gasteiger partial charge on any atom is -0.411 e. The normalized spacial score (nSPS) is 14.0. The Kier molecular flexibility index (Phi) is 6.36. The topological polar surface area (TPSA) is 71.3 Å². The number of amides is 1. The van der Waals surface area contributed by atoms with Crippen LogP contribution in [-0.2, 0) is 4.79 Å². The molecule has 1 aliphatic heterocycles. The first-order valence-corrected chi connectivity index (χ1v) is 10.9. The van der Waals surface area contributed by atoms with Gasteiger partial charge in [-0.3, -0.25) is 4.79 Å². The Balaban J connectivity index is 1.29. The summed E-state index contributed by atoms with van der Waals surface area (Å²) >= 11 is 7.18. The number of aromatic nitrogens is 2. The molecule has 4 rings (SSSR count). The molecule has 1 amide bonds. The summed E-state index contributed by atoms with van der Waals surface area (Å²) in [4.78, 5) is 14.6. The molecule has 6 nitrogen and oxygen atoms in total. The number of carbonyl (C=O) groups is 1. The maximum absolute atomic E-state index is 12.2. The second-order valence-corrected chi connectivity index (χ2v) is 8.18. The molecule has 1 aliphatic rings. The monoisotopic (exact) mass is 428 g/mol. The lowest BCUT2D eigenvalue weighted by atomic mass is 10.1. The van der Waals surface area contributed by atoms with Crippen LogP contribution in [0.2, 0.25) is 5.02 Å².